The molecule has 0 aliphatic carbocycles. The third kappa shape index (κ3) is 7.60. The molecule has 4 aromatic rings. The smallest absolute Gasteiger partial charge is 0 e. The van der Waals surface area contributed by atoms with Gasteiger partial charge in [0.2, 0.25) is 0 Å². The Morgan fingerprint density at radius 1 is 0.344 bits per heavy atom. The van der Waals surface area contributed by atoms with Gasteiger partial charge in [0.05, 0.1) is 0 Å². The normalized spacial score (nSPS) is 9.25. The molecule has 174 valence electrons. The summed E-state index contributed by atoms with van der Waals surface area (Å²) in [5.74, 6) is 0. The van der Waals surface area contributed by atoms with Gasteiger partial charge in [0.25, 0.3) is 0 Å². The minimum atomic E-state index is 0. The summed E-state index contributed by atoms with van der Waals surface area (Å²) in [7, 11) is 0. The van der Waals surface area contributed by atoms with Crippen LogP contribution >= 0.6 is 0 Å². The van der Waals surface area contributed by atoms with Crippen molar-refractivity contribution in [2.24, 2.45) is 0 Å². The fourth-order valence-corrected chi connectivity index (χ4v) is 2.74. The van der Waals surface area contributed by atoms with Crippen LogP contribution in [-0.4, -0.2) is 0 Å². The van der Waals surface area contributed by atoms with Gasteiger partial charge in [0, 0.05) is 34.1 Å². The number of rotatable bonds is 4. The van der Waals surface area contributed by atoms with Crippen molar-refractivity contribution in [1.82, 2.24) is 0 Å². The molecule has 0 atom stereocenters. The van der Waals surface area contributed by atoms with Crippen LogP contribution in [0.2, 0.25) is 0 Å². The Kier molecular flexibility index (Phi) is 11.3. The Morgan fingerprint density at radius 3 is 0.719 bits per heavy atom. The zero-order valence-corrected chi connectivity index (χ0v) is 19.4. The minimum Gasteiger partial charge on any atom is -0.774 e. The molecule has 0 saturated heterocycles. The first-order valence-electron chi connectivity index (χ1n) is 9.62. The zero-order valence-electron chi connectivity index (χ0n) is 17.6. The Bertz CT molecular complexity index is 934. The van der Waals surface area contributed by atoms with Crippen molar-refractivity contribution in [1.29, 1.82) is 0 Å². The van der Waals surface area contributed by atoms with Crippen LogP contribution in [0.25, 0.3) is 10.6 Å². The van der Waals surface area contributed by atoms with E-state index in [-0.39, 0.29) is 34.1 Å². The number of nitrogens with zero attached hydrogens (tertiary/aromatic N) is 2. The third-order valence-electron chi connectivity index (χ3n) is 4.45. The van der Waals surface area contributed by atoms with Gasteiger partial charge in [-0.05, 0) is 0 Å². The summed E-state index contributed by atoms with van der Waals surface area (Å²) >= 11 is 0. The van der Waals surface area contributed by atoms with Crippen LogP contribution in [0.5, 0.6) is 0 Å². The van der Waals surface area contributed by atoms with Gasteiger partial charge in [-0.3, -0.25) is 22.7 Å². The maximum Gasteiger partial charge on any atom is 0 e. The van der Waals surface area contributed by atoms with Crippen LogP contribution in [0, 0.1) is 27.7 Å². The maximum absolute atomic E-state index is 4.52. The SMILES string of the molecule is [CH2-]c1ccccc1[N-]c1ccccc1[CH2-].[CH2-]c1ccccc1[N-]c1ccccc1[CH2-].[Cu].[Cu]. The Hall–Kier alpha value is -3.00. The van der Waals surface area contributed by atoms with E-state index in [0.717, 1.165) is 45.0 Å². The standard InChI is InChI=1S/2C14H12N.2Cu/c2*1-11-7-3-5-9-13(11)15-14-10-6-4-8-12(14)2;;/h2*3-10H,1-2H2;;/q2*-3;;. The molecule has 32 heavy (non-hydrogen) atoms. The van der Waals surface area contributed by atoms with Gasteiger partial charge in [0.15, 0.2) is 0 Å². The van der Waals surface area contributed by atoms with Crippen LogP contribution in [0.15, 0.2) is 97.1 Å². The van der Waals surface area contributed by atoms with Crippen LogP contribution in [0.1, 0.15) is 22.3 Å². The summed E-state index contributed by atoms with van der Waals surface area (Å²) < 4.78 is 0. The molecule has 4 aromatic carbocycles. The topological polar surface area (TPSA) is 28.2 Å². The van der Waals surface area contributed by atoms with E-state index in [1.54, 1.807) is 0 Å². The summed E-state index contributed by atoms with van der Waals surface area (Å²) in [6.45, 7) is 15.7. The van der Waals surface area contributed by atoms with Gasteiger partial charge in [-0.2, -0.15) is 24.3 Å². The molecule has 0 aromatic heterocycles. The summed E-state index contributed by atoms with van der Waals surface area (Å²) in [4.78, 5) is 0. The molecular weight excluding hydrogens is 491 g/mol. The molecule has 0 aliphatic heterocycles. The Labute approximate surface area is 213 Å². The molecule has 4 rings (SSSR count). The van der Waals surface area contributed by atoms with E-state index in [1.807, 2.05) is 97.1 Å². The van der Waals surface area contributed by atoms with Crippen LogP contribution in [0.4, 0.5) is 22.7 Å². The zero-order chi connectivity index (χ0) is 21.3. The first-order chi connectivity index (χ1) is 14.5. The van der Waals surface area contributed by atoms with E-state index in [9.17, 15) is 0 Å². The summed E-state index contributed by atoms with van der Waals surface area (Å²) in [6.07, 6.45) is 0. The molecule has 0 bridgehead atoms. The van der Waals surface area contributed by atoms with Crippen molar-refractivity contribution in [3.05, 3.63) is 158 Å². The molecule has 0 aliphatic rings. The van der Waals surface area contributed by atoms with Crippen molar-refractivity contribution >= 4 is 22.7 Å². The van der Waals surface area contributed by atoms with Crippen molar-refractivity contribution in [2.75, 3.05) is 0 Å². The van der Waals surface area contributed by atoms with E-state index in [0.29, 0.717) is 0 Å². The second-order valence-electron chi connectivity index (χ2n) is 6.74. The number of hydrogen-bond donors (Lipinski definition) is 0. The van der Waals surface area contributed by atoms with Crippen molar-refractivity contribution in [2.45, 2.75) is 0 Å². The summed E-state index contributed by atoms with van der Waals surface area (Å²) in [5.41, 5.74) is 7.31. The van der Waals surface area contributed by atoms with Gasteiger partial charge in [0.1, 0.15) is 0 Å². The van der Waals surface area contributed by atoms with Crippen molar-refractivity contribution in [3.63, 3.8) is 0 Å². The van der Waals surface area contributed by atoms with Gasteiger partial charge in [-0.15, -0.1) is 48.5 Å². The van der Waals surface area contributed by atoms with Crippen LogP contribution in [-0.2, 0) is 34.1 Å². The van der Waals surface area contributed by atoms with E-state index in [4.69, 9.17) is 0 Å². The van der Waals surface area contributed by atoms with Gasteiger partial charge < -0.3 is 10.6 Å². The Balaban J connectivity index is 0.000000301. The number of benzene rings is 4. The van der Waals surface area contributed by atoms with Crippen LogP contribution < -0.4 is 0 Å². The number of hydrogen-bond acceptors (Lipinski definition) is 0. The first kappa shape index (κ1) is 27.0. The number of para-hydroxylation sites is 4. The van der Waals surface area contributed by atoms with E-state index < -0.39 is 0 Å². The van der Waals surface area contributed by atoms with Crippen molar-refractivity contribution in [3.8, 4) is 0 Å². The van der Waals surface area contributed by atoms with Gasteiger partial charge in [-0.25, -0.2) is 49.9 Å². The molecule has 2 nitrogen and oxygen atoms in total. The minimum absolute atomic E-state index is 0. The predicted octanol–water partition coefficient (Wildman–Crippen LogP) is 8.77. The summed E-state index contributed by atoms with van der Waals surface area (Å²) in [6, 6.07) is 31.3. The van der Waals surface area contributed by atoms with E-state index in [1.165, 1.54) is 0 Å². The fourth-order valence-electron chi connectivity index (χ4n) is 2.74. The van der Waals surface area contributed by atoms with Gasteiger partial charge >= 0.3 is 0 Å². The molecule has 0 spiro atoms. The van der Waals surface area contributed by atoms with Gasteiger partial charge in [-0.1, -0.05) is 24.3 Å². The molecule has 0 saturated carbocycles. The summed E-state index contributed by atoms with van der Waals surface area (Å²) in [5, 5.41) is 9.03. The fraction of sp³-hybridized carbons (Fsp3) is 0. The average molecular weight is 516 g/mol. The van der Waals surface area contributed by atoms with Crippen molar-refractivity contribution < 1.29 is 34.1 Å². The van der Waals surface area contributed by atoms with E-state index >= 15 is 0 Å². The molecule has 0 amide bonds. The molecular formula is C28H24Cu2N2-6. The largest absolute Gasteiger partial charge is 0.774 e. The third-order valence-corrected chi connectivity index (χ3v) is 4.45. The molecule has 0 fully saturated rings. The second kappa shape index (κ2) is 13.4. The average Bonchev–Trinajstić information content (AvgIpc) is 2.75. The molecule has 2 radical (unpaired) electrons. The quantitative estimate of drug-likeness (QED) is 0.192. The first-order valence-corrected chi connectivity index (χ1v) is 9.62. The molecule has 0 unspecified atom stereocenters. The molecule has 4 heteroatoms. The van der Waals surface area contributed by atoms with Crippen LogP contribution in [0.3, 0.4) is 0 Å². The predicted molar refractivity (Wildman–Crippen MR) is 129 cm³/mol. The second-order valence-corrected chi connectivity index (χ2v) is 6.74. The molecule has 0 heterocycles. The van der Waals surface area contributed by atoms with E-state index in [2.05, 4.69) is 38.3 Å². The molecule has 0 N–H and O–H groups in total. The maximum atomic E-state index is 4.52. The Morgan fingerprint density at radius 2 is 0.531 bits per heavy atom. The monoisotopic (exact) mass is 514 g/mol.